The molecule has 6 nitrogen and oxygen atoms in total. The quantitative estimate of drug-likeness (QED) is 0.916. The topological polar surface area (TPSA) is 75.2 Å². The van der Waals surface area contributed by atoms with E-state index in [0.29, 0.717) is 5.13 Å². The van der Waals surface area contributed by atoms with Crippen LogP contribution in [0.4, 0.5) is 5.13 Å². The van der Waals surface area contributed by atoms with Crippen LogP contribution in [0.3, 0.4) is 0 Å². The van der Waals surface area contributed by atoms with Gasteiger partial charge in [0.2, 0.25) is 16.9 Å². The normalized spacial score (nSPS) is 18.8. The summed E-state index contributed by atoms with van der Waals surface area (Å²) in [5, 5.41) is 12.2. The number of carbonyl (C=O) groups is 2. The van der Waals surface area contributed by atoms with Gasteiger partial charge in [-0.2, -0.15) is 0 Å². The van der Waals surface area contributed by atoms with Gasteiger partial charge in [0.15, 0.2) is 0 Å². The largest absolute Gasteiger partial charge is 0.340 e. The molecule has 0 saturated carbocycles. The number of rotatable bonds is 4. The van der Waals surface area contributed by atoms with Gasteiger partial charge in [0, 0.05) is 30.8 Å². The van der Waals surface area contributed by atoms with Crippen molar-refractivity contribution in [2.45, 2.75) is 71.3 Å². The lowest BCUT2D eigenvalue weighted by molar-refractivity contribution is -0.135. The number of piperidine rings is 1. The van der Waals surface area contributed by atoms with Crippen molar-refractivity contribution < 1.29 is 9.59 Å². The zero-order valence-corrected chi connectivity index (χ0v) is 15.2. The van der Waals surface area contributed by atoms with E-state index in [4.69, 9.17) is 0 Å². The summed E-state index contributed by atoms with van der Waals surface area (Å²) in [7, 11) is 0. The maximum absolute atomic E-state index is 12.2. The van der Waals surface area contributed by atoms with E-state index in [0.717, 1.165) is 24.4 Å². The molecule has 7 heteroatoms. The van der Waals surface area contributed by atoms with Gasteiger partial charge in [0.25, 0.3) is 0 Å². The first kappa shape index (κ1) is 17.8. The zero-order valence-electron chi connectivity index (χ0n) is 14.4. The minimum atomic E-state index is -0.181. The molecule has 0 spiro atoms. The van der Waals surface area contributed by atoms with Crippen LogP contribution in [-0.2, 0) is 15.0 Å². The van der Waals surface area contributed by atoms with Gasteiger partial charge in [-0.15, -0.1) is 10.2 Å². The van der Waals surface area contributed by atoms with Gasteiger partial charge in [-0.25, -0.2) is 0 Å². The maximum Gasteiger partial charge on any atom is 0.226 e. The van der Waals surface area contributed by atoms with E-state index in [9.17, 15) is 9.59 Å². The third-order valence-corrected chi connectivity index (χ3v) is 5.27. The fourth-order valence-electron chi connectivity index (χ4n) is 2.59. The van der Waals surface area contributed by atoms with Crippen molar-refractivity contribution in [2.24, 2.45) is 0 Å². The number of likely N-dealkylation sites (tertiary alicyclic amines) is 1. The van der Waals surface area contributed by atoms with Crippen LogP contribution in [0, 0.1) is 0 Å². The molecule has 0 aliphatic carbocycles. The molecule has 1 N–H and O–H groups in total. The first-order chi connectivity index (χ1) is 10.8. The van der Waals surface area contributed by atoms with E-state index in [1.165, 1.54) is 17.8 Å². The molecular weight excluding hydrogens is 312 g/mol. The summed E-state index contributed by atoms with van der Waals surface area (Å²) in [6.07, 6.45) is 3.73. The van der Waals surface area contributed by atoms with Crippen molar-refractivity contribution >= 4 is 28.3 Å². The van der Waals surface area contributed by atoms with Crippen molar-refractivity contribution in [3.05, 3.63) is 5.01 Å². The summed E-state index contributed by atoms with van der Waals surface area (Å²) < 4.78 is 0. The molecule has 1 saturated heterocycles. The summed E-state index contributed by atoms with van der Waals surface area (Å²) in [5.41, 5.74) is -0.0823. The summed E-state index contributed by atoms with van der Waals surface area (Å²) in [5.74, 6) is -0.111. The van der Waals surface area contributed by atoms with Gasteiger partial charge in [-0.3, -0.25) is 9.59 Å². The van der Waals surface area contributed by atoms with Crippen LogP contribution in [0.1, 0.15) is 64.8 Å². The molecular formula is C16H26N4O2S. The maximum atomic E-state index is 12.2. The average molecular weight is 338 g/mol. The van der Waals surface area contributed by atoms with Crippen molar-refractivity contribution in [3.8, 4) is 0 Å². The lowest BCUT2D eigenvalue weighted by Gasteiger charge is -2.33. The van der Waals surface area contributed by atoms with Gasteiger partial charge in [0.1, 0.15) is 5.01 Å². The minimum Gasteiger partial charge on any atom is -0.340 e. The van der Waals surface area contributed by atoms with Gasteiger partial charge in [0.05, 0.1) is 0 Å². The first-order valence-corrected chi connectivity index (χ1v) is 9.02. The average Bonchev–Trinajstić information content (AvgIpc) is 2.94. The van der Waals surface area contributed by atoms with Gasteiger partial charge < -0.3 is 10.2 Å². The minimum absolute atomic E-state index is 0.0694. The molecule has 0 aromatic carbocycles. The molecule has 2 heterocycles. The molecule has 1 atom stereocenters. The van der Waals surface area contributed by atoms with E-state index in [-0.39, 0.29) is 36.1 Å². The van der Waals surface area contributed by atoms with Crippen LogP contribution in [0.5, 0.6) is 0 Å². The Bertz CT molecular complexity index is 565. The van der Waals surface area contributed by atoms with Crippen LogP contribution in [0.15, 0.2) is 0 Å². The number of carbonyl (C=O) groups excluding carboxylic acids is 2. The second-order valence-corrected chi connectivity index (χ2v) is 8.12. The number of nitrogens with zero attached hydrogens (tertiary/aromatic N) is 3. The molecule has 128 valence electrons. The number of hydrogen-bond acceptors (Lipinski definition) is 5. The van der Waals surface area contributed by atoms with Gasteiger partial charge in [-0.1, -0.05) is 32.1 Å². The summed E-state index contributed by atoms with van der Waals surface area (Å²) >= 11 is 1.38. The lowest BCUT2D eigenvalue weighted by Crippen LogP contribution is -2.42. The fraction of sp³-hybridized carbons (Fsp3) is 0.750. The highest BCUT2D eigenvalue weighted by Gasteiger charge is 2.24. The van der Waals surface area contributed by atoms with E-state index >= 15 is 0 Å². The molecule has 2 amide bonds. The number of nitrogens with one attached hydrogen (secondary N) is 1. The van der Waals surface area contributed by atoms with Gasteiger partial charge >= 0.3 is 0 Å². The summed E-state index contributed by atoms with van der Waals surface area (Å²) in [4.78, 5) is 26.1. The second-order valence-electron chi connectivity index (χ2n) is 7.14. The highest BCUT2D eigenvalue weighted by molar-refractivity contribution is 7.15. The number of anilines is 1. The first-order valence-electron chi connectivity index (χ1n) is 8.20. The number of aromatic nitrogens is 2. The molecule has 1 fully saturated rings. The van der Waals surface area contributed by atoms with Crippen LogP contribution < -0.4 is 5.32 Å². The molecule has 1 aliphatic rings. The third-order valence-electron chi connectivity index (χ3n) is 4.00. The van der Waals surface area contributed by atoms with Crippen molar-refractivity contribution in [2.75, 3.05) is 11.9 Å². The number of hydrogen-bond donors (Lipinski definition) is 1. The van der Waals surface area contributed by atoms with Crippen LogP contribution in [0.25, 0.3) is 0 Å². The number of amides is 2. The Kier molecular flexibility index (Phi) is 5.73. The fourth-order valence-corrected chi connectivity index (χ4v) is 3.41. The predicted octanol–water partition coefficient (Wildman–Crippen LogP) is 2.96. The molecule has 1 aliphatic heterocycles. The SMILES string of the molecule is C[C@H]1CCCCN1C(=O)CCC(=O)Nc1nnc(C(C)(C)C)s1. The third kappa shape index (κ3) is 4.99. The molecule has 0 bridgehead atoms. The van der Waals surface area contributed by atoms with E-state index in [1.807, 2.05) is 4.90 Å². The summed E-state index contributed by atoms with van der Waals surface area (Å²) in [6.45, 7) is 9.05. The highest BCUT2D eigenvalue weighted by atomic mass is 32.1. The Hall–Kier alpha value is -1.50. The zero-order chi connectivity index (χ0) is 17.0. The Morgan fingerprint density at radius 3 is 2.61 bits per heavy atom. The van der Waals surface area contributed by atoms with Crippen LogP contribution in [-0.4, -0.2) is 39.5 Å². The van der Waals surface area contributed by atoms with Crippen molar-refractivity contribution in [3.63, 3.8) is 0 Å². The predicted molar refractivity (Wildman–Crippen MR) is 91.5 cm³/mol. The monoisotopic (exact) mass is 338 g/mol. The van der Waals surface area contributed by atoms with Crippen molar-refractivity contribution in [1.82, 2.24) is 15.1 Å². The Morgan fingerprint density at radius 1 is 1.26 bits per heavy atom. The van der Waals surface area contributed by atoms with Gasteiger partial charge in [-0.05, 0) is 26.2 Å². The van der Waals surface area contributed by atoms with E-state index < -0.39 is 0 Å². The Morgan fingerprint density at radius 2 is 2.00 bits per heavy atom. The Labute approximate surface area is 141 Å². The molecule has 0 radical (unpaired) electrons. The molecule has 23 heavy (non-hydrogen) atoms. The van der Waals surface area contributed by atoms with Crippen LogP contribution in [0.2, 0.25) is 0 Å². The highest BCUT2D eigenvalue weighted by Crippen LogP contribution is 2.27. The van der Waals surface area contributed by atoms with E-state index in [2.05, 4.69) is 43.2 Å². The molecule has 1 aromatic heterocycles. The second kappa shape index (κ2) is 7.38. The van der Waals surface area contributed by atoms with Crippen LogP contribution >= 0.6 is 11.3 Å². The van der Waals surface area contributed by atoms with Crippen molar-refractivity contribution in [1.29, 1.82) is 0 Å². The molecule has 1 aromatic rings. The molecule has 2 rings (SSSR count). The molecule has 0 unspecified atom stereocenters. The smallest absolute Gasteiger partial charge is 0.226 e. The standard InChI is InChI=1S/C16H26N4O2S/c1-11-7-5-6-10-20(11)13(22)9-8-12(21)17-15-19-18-14(23-15)16(2,3)4/h11H,5-10H2,1-4H3,(H,17,19,21)/t11-/m0/s1. The summed E-state index contributed by atoms with van der Waals surface area (Å²) in [6, 6.07) is 0.289. The lowest BCUT2D eigenvalue weighted by atomic mass is 9.98. The Balaban J connectivity index is 1.81. The van der Waals surface area contributed by atoms with E-state index in [1.54, 1.807) is 0 Å².